The predicted molar refractivity (Wildman–Crippen MR) is 54.6 cm³/mol. The van der Waals surface area contributed by atoms with Crippen LogP contribution in [0.4, 0.5) is 5.82 Å². The molecule has 14 heavy (non-hydrogen) atoms. The number of nitrogen functional groups attached to an aromatic ring is 1. The Labute approximate surface area is 81.6 Å². The zero-order chi connectivity index (χ0) is 10.3. The number of nitrogens with zero attached hydrogens (tertiary/aromatic N) is 3. The lowest BCUT2D eigenvalue weighted by Crippen LogP contribution is -1.97. The molecule has 0 amide bonds. The Morgan fingerprint density at radius 1 is 1.57 bits per heavy atom. The summed E-state index contributed by atoms with van der Waals surface area (Å²) in [7, 11) is 1.91. The van der Waals surface area contributed by atoms with Crippen molar-refractivity contribution in [3.63, 3.8) is 0 Å². The van der Waals surface area contributed by atoms with Gasteiger partial charge in [0.2, 0.25) is 0 Å². The molecular weight excluding hydrogens is 176 g/mol. The summed E-state index contributed by atoms with van der Waals surface area (Å²) in [5, 5.41) is 9.78. The average Bonchev–Trinajstić information content (AvgIpc) is 2.41. The maximum Gasteiger partial charge on any atom is 0.143 e. The van der Waals surface area contributed by atoms with Gasteiger partial charge in [-0.2, -0.15) is 5.26 Å². The van der Waals surface area contributed by atoms with Crippen molar-refractivity contribution in [1.82, 2.24) is 9.55 Å². The number of pyridine rings is 1. The molecule has 0 saturated carbocycles. The number of anilines is 1. The topological polar surface area (TPSA) is 67.6 Å². The van der Waals surface area contributed by atoms with Crippen molar-refractivity contribution in [3.8, 4) is 6.07 Å². The first-order chi connectivity index (χ1) is 6.63. The van der Waals surface area contributed by atoms with Crippen LogP contribution in [0.3, 0.4) is 0 Å². The number of aromatic nitrogens is 2. The molecular formula is C10H10N4. The number of nitrogens with two attached hydrogens (primary N) is 1. The van der Waals surface area contributed by atoms with Gasteiger partial charge in [0.15, 0.2) is 0 Å². The highest BCUT2D eigenvalue weighted by Crippen LogP contribution is 2.21. The smallest absolute Gasteiger partial charge is 0.143 e. The van der Waals surface area contributed by atoms with Gasteiger partial charge in [-0.1, -0.05) is 0 Å². The fourth-order valence-electron chi connectivity index (χ4n) is 1.59. The Balaban J connectivity index is 2.91. The largest absolute Gasteiger partial charge is 0.383 e. The first-order valence-corrected chi connectivity index (χ1v) is 4.25. The first kappa shape index (κ1) is 8.57. The summed E-state index contributed by atoms with van der Waals surface area (Å²) >= 11 is 0. The summed E-state index contributed by atoms with van der Waals surface area (Å²) in [6.45, 7) is 1.99. The van der Waals surface area contributed by atoms with Crippen LogP contribution in [0.15, 0.2) is 12.3 Å². The van der Waals surface area contributed by atoms with E-state index in [9.17, 15) is 0 Å². The molecule has 4 heteroatoms. The zero-order valence-corrected chi connectivity index (χ0v) is 8.07. The van der Waals surface area contributed by atoms with Gasteiger partial charge in [-0.15, -0.1) is 0 Å². The van der Waals surface area contributed by atoms with Crippen molar-refractivity contribution in [2.45, 2.75) is 6.92 Å². The molecule has 0 spiro atoms. The van der Waals surface area contributed by atoms with E-state index in [-0.39, 0.29) is 0 Å². The van der Waals surface area contributed by atoms with Gasteiger partial charge in [0.05, 0.1) is 5.56 Å². The van der Waals surface area contributed by atoms with E-state index in [1.807, 2.05) is 30.8 Å². The van der Waals surface area contributed by atoms with Crippen LogP contribution >= 0.6 is 0 Å². The maximum atomic E-state index is 8.80. The average molecular weight is 186 g/mol. The molecule has 0 bridgehead atoms. The molecule has 0 aromatic carbocycles. The van der Waals surface area contributed by atoms with E-state index in [1.165, 1.54) is 0 Å². The molecule has 0 aliphatic carbocycles. The van der Waals surface area contributed by atoms with Crippen LogP contribution in [0.25, 0.3) is 11.0 Å². The Hall–Kier alpha value is -2.02. The van der Waals surface area contributed by atoms with E-state index < -0.39 is 0 Å². The minimum absolute atomic E-state index is 0.293. The minimum atomic E-state index is 0.293. The van der Waals surface area contributed by atoms with Gasteiger partial charge in [-0.05, 0) is 18.6 Å². The van der Waals surface area contributed by atoms with Crippen molar-refractivity contribution in [2.75, 3.05) is 5.73 Å². The minimum Gasteiger partial charge on any atom is -0.383 e. The Kier molecular flexibility index (Phi) is 1.68. The lowest BCUT2D eigenvalue weighted by molar-refractivity contribution is 0.945. The van der Waals surface area contributed by atoms with Crippen LogP contribution in [0, 0.1) is 18.3 Å². The summed E-state index contributed by atoms with van der Waals surface area (Å²) in [5.41, 5.74) is 7.99. The second-order valence-corrected chi connectivity index (χ2v) is 3.33. The Bertz CT molecular complexity index is 545. The molecule has 2 aromatic rings. The number of nitriles is 1. The van der Waals surface area contributed by atoms with Gasteiger partial charge < -0.3 is 10.3 Å². The van der Waals surface area contributed by atoms with E-state index in [2.05, 4.69) is 4.98 Å². The molecule has 2 aromatic heterocycles. The standard InChI is InChI=1S/C10H10N4/c1-6-5-14(2)10-8(6)3-7(4-11)9(12)13-10/h3,5H,1-2H3,(H2,12,13). The van der Waals surface area contributed by atoms with Gasteiger partial charge in [-0.25, -0.2) is 4.98 Å². The zero-order valence-electron chi connectivity index (χ0n) is 8.07. The van der Waals surface area contributed by atoms with Gasteiger partial charge in [0.1, 0.15) is 17.5 Å². The van der Waals surface area contributed by atoms with Crippen LogP contribution < -0.4 is 5.73 Å². The molecule has 2 rings (SSSR count). The molecule has 0 aliphatic rings. The quantitative estimate of drug-likeness (QED) is 0.675. The number of aryl methyl sites for hydroxylation is 2. The molecule has 0 fully saturated rings. The molecule has 4 nitrogen and oxygen atoms in total. The monoisotopic (exact) mass is 186 g/mol. The van der Waals surface area contributed by atoms with E-state index in [0.717, 1.165) is 16.6 Å². The van der Waals surface area contributed by atoms with Gasteiger partial charge in [-0.3, -0.25) is 0 Å². The van der Waals surface area contributed by atoms with Crippen molar-refractivity contribution in [2.24, 2.45) is 7.05 Å². The van der Waals surface area contributed by atoms with E-state index >= 15 is 0 Å². The summed E-state index contributed by atoms with van der Waals surface area (Å²) in [6, 6.07) is 3.81. The van der Waals surface area contributed by atoms with Crippen LogP contribution in [0.1, 0.15) is 11.1 Å². The maximum absolute atomic E-state index is 8.80. The van der Waals surface area contributed by atoms with Crippen molar-refractivity contribution in [3.05, 3.63) is 23.4 Å². The third-order valence-electron chi connectivity index (χ3n) is 2.30. The molecule has 2 heterocycles. The molecule has 0 saturated heterocycles. The van der Waals surface area contributed by atoms with E-state index in [4.69, 9.17) is 11.0 Å². The molecule has 0 radical (unpaired) electrons. The lowest BCUT2D eigenvalue weighted by Gasteiger charge is -1.99. The second kappa shape index (κ2) is 2.74. The Morgan fingerprint density at radius 2 is 2.29 bits per heavy atom. The Morgan fingerprint density at radius 3 is 2.93 bits per heavy atom. The van der Waals surface area contributed by atoms with Crippen molar-refractivity contribution >= 4 is 16.9 Å². The normalized spacial score (nSPS) is 10.4. The molecule has 0 atom stereocenters. The first-order valence-electron chi connectivity index (χ1n) is 4.25. The summed E-state index contributed by atoms with van der Waals surface area (Å²) in [4.78, 5) is 4.19. The highest BCUT2D eigenvalue weighted by atomic mass is 15.0. The second-order valence-electron chi connectivity index (χ2n) is 3.33. The van der Waals surface area contributed by atoms with Gasteiger partial charge in [0, 0.05) is 18.6 Å². The van der Waals surface area contributed by atoms with Crippen molar-refractivity contribution in [1.29, 1.82) is 5.26 Å². The number of hydrogen-bond donors (Lipinski definition) is 1. The molecule has 2 N–H and O–H groups in total. The van der Waals surface area contributed by atoms with E-state index in [1.54, 1.807) is 6.07 Å². The SMILES string of the molecule is Cc1cn(C)c2nc(N)c(C#N)cc12. The molecule has 0 aliphatic heterocycles. The fourth-order valence-corrected chi connectivity index (χ4v) is 1.59. The number of fused-ring (bicyclic) bond motifs is 1. The molecule has 70 valence electrons. The number of hydrogen-bond acceptors (Lipinski definition) is 3. The summed E-state index contributed by atoms with van der Waals surface area (Å²) in [6.07, 6.45) is 1.97. The van der Waals surface area contributed by atoms with Crippen LogP contribution in [-0.4, -0.2) is 9.55 Å². The van der Waals surface area contributed by atoms with Gasteiger partial charge >= 0.3 is 0 Å². The molecule has 0 unspecified atom stereocenters. The predicted octanol–water partition coefficient (Wildman–Crippen LogP) is 1.34. The van der Waals surface area contributed by atoms with E-state index in [0.29, 0.717) is 11.4 Å². The third kappa shape index (κ3) is 1.03. The fraction of sp³-hybridized carbons (Fsp3) is 0.200. The summed E-state index contributed by atoms with van der Waals surface area (Å²) in [5.74, 6) is 0.293. The third-order valence-corrected chi connectivity index (χ3v) is 2.30. The lowest BCUT2D eigenvalue weighted by atomic mass is 10.2. The number of rotatable bonds is 0. The van der Waals surface area contributed by atoms with Crippen molar-refractivity contribution < 1.29 is 0 Å². The van der Waals surface area contributed by atoms with Gasteiger partial charge in [0.25, 0.3) is 0 Å². The highest BCUT2D eigenvalue weighted by molar-refractivity contribution is 5.83. The van der Waals surface area contributed by atoms with Crippen LogP contribution in [0.2, 0.25) is 0 Å². The van der Waals surface area contributed by atoms with Crippen LogP contribution in [-0.2, 0) is 7.05 Å². The van der Waals surface area contributed by atoms with Crippen LogP contribution in [0.5, 0.6) is 0 Å². The highest BCUT2D eigenvalue weighted by Gasteiger charge is 2.08. The summed E-state index contributed by atoms with van der Waals surface area (Å²) < 4.78 is 1.90.